The highest BCUT2D eigenvalue weighted by atomic mass is 16.5. The standard InChI is InChI=1S/C22H23N3O3/c1-16-3-8-20(9-4-16)28-15-22(26)25-21-12-7-18(14-24-21)23-13-17-5-10-19(27-2)11-6-17/h3-12,14,23H,13,15H2,1-2H3,(H,24,25,26). The van der Waals surface area contributed by atoms with Gasteiger partial charge in [0.2, 0.25) is 0 Å². The first kappa shape index (κ1) is 19.2. The first-order chi connectivity index (χ1) is 13.6. The van der Waals surface area contributed by atoms with Crippen molar-refractivity contribution in [2.45, 2.75) is 13.5 Å². The minimum absolute atomic E-state index is 0.0672. The highest BCUT2D eigenvalue weighted by Gasteiger charge is 2.05. The Labute approximate surface area is 164 Å². The minimum Gasteiger partial charge on any atom is -0.497 e. The minimum atomic E-state index is -0.257. The van der Waals surface area contributed by atoms with E-state index in [2.05, 4.69) is 15.6 Å². The summed E-state index contributed by atoms with van der Waals surface area (Å²) in [5, 5.41) is 6.01. The van der Waals surface area contributed by atoms with Crippen molar-refractivity contribution in [2.75, 3.05) is 24.4 Å². The van der Waals surface area contributed by atoms with Gasteiger partial charge in [-0.3, -0.25) is 4.79 Å². The molecule has 6 heteroatoms. The second-order valence-corrected chi connectivity index (χ2v) is 6.28. The number of anilines is 2. The molecular weight excluding hydrogens is 354 g/mol. The van der Waals surface area contributed by atoms with Crippen molar-refractivity contribution in [3.8, 4) is 11.5 Å². The Balaban J connectivity index is 1.45. The zero-order valence-corrected chi connectivity index (χ0v) is 15.9. The van der Waals surface area contributed by atoms with Crippen LogP contribution in [0.25, 0.3) is 0 Å². The molecular formula is C22H23N3O3. The van der Waals surface area contributed by atoms with Gasteiger partial charge < -0.3 is 20.1 Å². The summed E-state index contributed by atoms with van der Waals surface area (Å²) < 4.78 is 10.6. The molecule has 0 radical (unpaired) electrons. The van der Waals surface area contributed by atoms with Crippen LogP contribution >= 0.6 is 0 Å². The van der Waals surface area contributed by atoms with Gasteiger partial charge in [-0.25, -0.2) is 4.98 Å². The summed E-state index contributed by atoms with van der Waals surface area (Å²) in [4.78, 5) is 16.3. The van der Waals surface area contributed by atoms with Gasteiger partial charge in [0.05, 0.1) is 19.0 Å². The van der Waals surface area contributed by atoms with E-state index in [1.165, 1.54) is 0 Å². The van der Waals surface area contributed by atoms with Gasteiger partial charge in [0.1, 0.15) is 17.3 Å². The third kappa shape index (κ3) is 5.74. The summed E-state index contributed by atoms with van der Waals surface area (Å²) in [5.74, 6) is 1.71. The summed E-state index contributed by atoms with van der Waals surface area (Å²) in [6, 6.07) is 19.0. The molecule has 6 nitrogen and oxygen atoms in total. The van der Waals surface area contributed by atoms with E-state index in [0.717, 1.165) is 22.6 Å². The summed E-state index contributed by atoms with van der Waals surface area (Å²) in [5.41, 5.74) is 3.14. The van der Waals surface area contributed by atoms with E-state index in [4.69, 9.17) is 9.47 Å². The predicted octanol–water partition coefficient (Wildman–Crippen LogP) is 4.03. The number of ether oxygens (including phenoxy) is 2. The van der Waals surface area contributed by atoms with Crippen molar-refractivity contribution in [3.63, 3.8) is 0 Å². The molecule has 0 bridgehead atoms. The number of methoxy groups -OCH3 is 1. The Bertz CT molecular complexity index is 892. The molecule has 0 spiro atoms. The zero-order valence-electron chi connectivity index (χ0n) is 15.9. The number of nitrogens with zero attached hydrogens (tertiary/aromatic N) is 1. The predicted molar refractivity (Wildman–Crippen MR) is 110 cm³/mol. The number of hydrogen-bond acceptors (Lipinski definition) is 5. The quantitative estimate of drug-likeness (QED) is 0.620. The third-order valence-electron chi connectivity index (χ3n) is 4.08. The number of aryl methyl sites for hydroxylation is 1. The average molecular weight is 377 g/mol. The maximum atomic E-state index is 12.0. The first-order valence-electron chi connectivity index (χ1n) is 8.94. The fourth-order valence-electron chi connectivity index (χ4n) is 2.48. The molecule has 0 aliphatic heterocycles. The number of nitrogens with one attached hydrogen (secondary N) is 2. The van der Waals surface area contributed by atoms with E-state index < -0.39 is 0 Å². The van der Waals surface area contributed by atoms with E-state index in [1.807, 2.05) is 61.5 Å². The lowest BCUT2D eigenvalue weighted by Gasteiger charge is -2.09. The van der Waals surface area contributed by atoms with Gasteiger partial charge in [0, 0.05) is 6.54 Å². The number of carbonyl (C=O) groups excluding carboxylic acids is 1. The van der Waals surface area contributed by atoms with Gasteiger partial charge in [-0.05, 0) is 48.9 Å². The molecule has 0 unspecified atom stereocenters. The molecule has 0 aliphatic carbocycles. The van der Waals surface area contributed by atoms with Crippen LogP contribution in [-0.4, -0.2) is 24.6 Å². The van der Waals surface area contributed by atoms with E-state index in [1.54, 1.807) is 19.4 Å². The number of benzene rings is 2. The molecule has 0 saturated carbocycles. The molecule has 0 saturated heterocycles. The Morgan fingerprint density at radius 1 is 0.964 bits per heavy atom. The van der Waals surface area contributed by atoms with Crippen molar-refractivity contribution in [3.05, 3.63) is 78.0 Å². The maximum Gasteiger partial charge on any atom is 0.263 e. The zero-order chi connectivity index (χ0) is 19.8. The molecule has 1 heterocycles. The number of amides is 1. The Morgan fingerprint density at radius 3 is 2.32 bits per heavy atom. The van der Waals surface area contributed by atoms with Gasteiger partial charge in [0.25, 0.3) is 5.91 Å². The normalized spacial score (nSPS) is 10.2. The van der Waals surface area contributed by atoms with Gasteiger partial charge in [-0.15, -0.1) is 0 Å². The van der Waals surface area contributed by atoms with Crippen molar-refractivity contribution >= 4 is 17.4 Å². The van der Waals surface area contributed by atoms with Crippen LogP contribution in [0.15, 0.2) is 66.9 Å². The average Bonchev–Trinajstić information content (AvgIpc) is 2.73. The largest absolute Gasteiger partial charge is 0.497 e. The molecule has 2 N–H and O–H groups in total. The van der Waals surface area contributed by atoms with Crippen LogP contribution in [-0.2, 0) is 11.3 Å². The van der Waals surface area contributed by atoms with Crippen molar-refractivity contribution in [2.24, 2.45) is 0 Å². The number of hydrogen-bond donors (Lipinski definition) is 2. The van der Waals surface area contributed by atoms with Crippen molar-refractivity contribution in [1.29, 1.82) is 0 Å². The number of pyridine rings is 1. The first-order valence-corrected chi connectivity index (χ1v) is 8.94. The van der Waals surface area contributed by atoms with E-state index in [-0.39, 0.29) is 12.5 Å². The van der Waals surface area contributed by atoms with Crippen LogP contribution < -0.4 is 20.1 Å². The van der Waals surface area contributed by atoms with Crippen LogP contribution in [0.5, 0.6) is 11.5 Å². The molecule has 0 fully saturated rings. The fourth-order valence-corrected chi connectivity index (χ4v) is 2.48. The second kappa shape index (κ2) is 9.41. The lowest BCUT2D eigenvalue weighted by Crippen LogP contribution is -2.20. The molecule has 0 atom stereocenters. The topological polar surface area (TPSA) is 72.5 Å². The number of aromatic nitrogens is 1. The molecule has 1 aromatic heterocycles. The summed E-state index contributed by atoms with van der Waals surface area (Å²) in [6.07, 6.45) is 1.68. The second-order valence-electron chi connectivity index (χ2n) is 6.28. The Morgan fingerprint density at radius 2 is 1.68 bits per heavy atom. The third-order valence-corrected chi connectivity index (χ3v) is 4.08. The lowest BCUT2D eigenvalue weighted by molar-refractivity contribution is -0.118. The van der Waals surface area contributed by atoms with Crippen LogP contribution in [0, 0.1) is 6.92 Å². The molecule has 0 aliphatic rings. The summed E-state index contributed by atoms with van der Waals surface area (Å²) in [7, 11) is 1.65. The van der Waals surface area contributed by atoms with E-state index in [9.17, 15) is 4.79 Å². The van der Waals surface area contributed by atoms with Gasteiger partial charge in [-0.2, -0.15) is 0 Å². The van der Waals surface area contributed by atoms with Crippen LogP contribution in [0.2, 0.25) is 0 Å². The molecule has 3 aromatic rings. The van der Waals surface area contributed by atoms with Gasteiger partial charge in [-0.1, -0.05) is 29.8 Å². The monoisotopic (exact) mass is 377 g/mol. The highest BCUT2D eigenvalue weighted by molar-refractivity contribution is 5.91. The molecule has 28 heavy (non-hydrogen) atoms. The maximum absolute atomic E-state index is 12.0. The highest BCUT2D eigenvalue weighted by Crippen LogP contribution is 2.15. The Kier molecular flexibility index (Phi) is 6.46. The van der Waals surface area contributed by atoms with Crippen LogP contribution in [0.1, 0.15) is 11.1 Å². The smallest absolute Gasteiger partial charge is 0.263 e. The van der Waals surface area contributed by atoms with Crippen LogP contribution in [0.4, 0.5) is 11.5 Å². The SMILES string of the molecule is COc1ccc(CNc2ccc(NC(=O)COc3ccc(C)cc3)nc2)cc1. The fraction of sp³-hybridized carbons (Fsp3) is 0.182. The van der Waals surface area contributed by atoms with Crippen LogP contribution in [0.3, 0.4) is 0 Å². The van der Waals surface area contributed by atoms with Gasteiger partial charge >= 0.3 is 0 Å². The summed E-state index contributed by atoms with van der Waals surface area (Å²) in [6.45, 7) is 2.60. The molecule has 3 rings (SSSR count). The molecule has 1 amide bonds. The van der Waals surface area contributed by atoms with E-state index >= 15 is 0 Å². The molecule has 2 aromatic carbocycles. The van der Waals surface area contributed by atoms with Crippen molar-refractivity contribution < 1.29 is 14.3 Å². The summed E-state index contributed by atoms with van der Waals surface area (Å²) >= 11 is 0. The Hall–Kier alpha value is -3.54. The number of carbonyl (C=O) groups is 1. The number of rotatable bonds is 8. The van der Waals surface area contributed by atoms with Gasteiger partial charge in [0.15, 0.2) is 6.61 Å². The van der Waals surface area contributed by atoms with E-state index in [0.29, 0.717) is 18.1 Å². The molecule has 144 valence electrons. The van der Waals surface area contributed by atoms with Crippen molar-refractivity contribution in [1.82, 2.24) is 4.98 Å². The lowest BCUT2D eigenvalue weighted by atomic mass is 10.2.